The van der Waals surface area contributed by atoms with Crippen molar-refractivity contribution >= 4 is 0 Å². The lowest BCUT2D eigenvalue weighted by Gasteiger charge is -2.19. The van der Waals surface area contributed by atoms with Crippen LogP contribution in [0.25, 0.3) is 0 Å². The largest absolute Gasteiger partial charge is 0.484 e. The van der Waals surface area contributed by atoms with Crippen LogP contribution in [0.4, 0.5) is 0 Å². The molecule has 0 aliphatic carbocycles. The number of hydrogen-bond acceptors (Lipinski definition) is 1. The lowest BCUT2D eigenvalue weighted by molar-refractivity contribution is 0.127. The summed E-state index contributed by atoms with van der Waals surface area (Å²) in [4.78, 5) is 0. The fourth-order valence-corrected chi connectivity index (χ4v) is 2.45. The van der Waals surface area contributed by atoms with Gasteiger partial charge in [-0.15, -0.1) is 0 Å². The minimum absolute atomic E-state index is 0.0675. The van der Waals surface area contributed by atoms with Crippen LogP contribution in [0.2, 0.25) is 0 Å². The smallest absolute Gasteiger partial charge is 0.139 e. The number of rotatable bonds is 8. The first kappa shape index (κ1) is 15.2. The molecule has 0 saturated heterocycles. The normalized spacial score (nSPS) is 11.7. The maximum Gasteiger partial charge on any atom is 0.139 e. The number of hydrogen-bond donors (Lipinski definition) is 0. The van der Waals surface area contributed by atoms with Crippen molar-refractivity contribution in [2.75, 3.05) is 0 Å². The average molecular weight is 281 g/mol. The molecular weight excluding hydrogens is 258 g/mol. The Kier molecular flexibility index (Phi) is 5.93. The van der Waals surface area contributed by atoms with E-state index in [-0.39, 0.29) is 6.10 Å². The molecule has 0 aliphatic heterocycles. The zero-order chi connectivity index (χ0) is 14.9. The third kappa shape index (κ3) is 4.40. The van der Waals surface area contributed by atoms with Crippen LogP contribution in [0, 0.1) is 0 Å². The van der Waals surface area contributed by atoms with Gasteiger partial charge in [0.05, 0.1) is 5.69 Å². The molecule has 110 valence electrons. The van der Waals surface area contributed by atoms with Crippen molar-refractivity contribution in [2.45, 2.75) is 38.8 Å². The molecule has 2 rings (SSSR count). The van der Waals surface area contributed by atoms with E-state index < -0.39 is 0 Å². The number of ether oxygens (including phenoxy) is 1. The van der Waals surface area contributed by atoms with E-state index in [1.807, 2.05) is 6.07 Å². The van der Waals surface area contributed by atoms with Crippen LogP contribution in [0.1, 0.15) is 43.5 Å². The van der Waals surface area contributed by atoms with Crippen molar-refractivity contribution in [3.05, 3.63) is 78.5 Å². The molecule has 0 fully saturated rings. The fraction of sp³-hybridized carbons (Fsp3) is 0.316. The first-order valence-corrected chi connectivity index (χ1v) is 7.54. The Balaban J connectivity index is 2.17. The minimum atomic E-state index is 0.0675. The summed E-state index contributed by atoms with van der Waals surface area (Å²) in [5.41, 5.74) is 5.20. The van der Waals surface area contributed by atoms with E-state index in [0.717, 1.165) is 25.8 Å². The molecule has 1 aromatic carbocycles. The second-order valence-electron chi connectivity index (χ2n) is 5.14. The average Bonchev–Trinajstić information content (AvgIpc) is 2.96. The van der Waals surface area contributed by atoms with Gasteiger partial charge in [0.25, 0.3) is 0 Å². The molecule has 21 heavy (non-hydrogen) atoms. The van der Waals surface area contributed by atoms with Gasteiger partial charge in [0, 0.05) is 12.7 Å². The van der Waals surface area contributed by atoms with Gasteiger partial charge in [0.1, 0.15) is 12.4 Å². The molecule has 0 aliphatic rings. The zero-order valence-corrected chi connectivity index (χ0v) is 12.7. The Morgan fingerprint density at radius 2 is 2.05 bits per heavy atom. The van der Waals surface area contributed by atoms with Gasteiger partial charge in [0.2, 0.25) is 0 Å². The maximum absolute atomic E-state index is 5.80. The quantitative estimate of drug-likeness (QED) is 0.486. The molecule has 1 unspecified atom stereocenters. The lowest BCUT2D eigenvalue weighted by Crippen LogP contribution is -2.09. The Bertz CT molecular complexity index is 579. The summed E-state index contributed by atoms with van der Waals surface area (Å²) in [6, 6.07) is 14.7. The van der Waals surface area contributed by atoms with Crippen LogP contribution in [0.5, 0.6) is 0 Å². The summed E-state index contributed by atoms with van der Waals surface area (Å²) in [6.45, 7) is 6.64. The highest BCUT2D eigenvalue weighted by atomic mass is 16.5. The predicted octanol–water partition coefficient (Wildman–Crippen LogP) is 5.08. The minimum Gasteiger partial charge on any atom is -0.484 e. The van der Waals surface area contributed by atoms with E-state index in [2.05, 4.69) is 66.4 Å². The van der Waals surface area contributed by atoms with E-state index in [1.165, 1.54) is 11.3 Å². The molecule has 0 N–H and O–H groups in total. The van der Waals surface area contributed by atoms with Gasteiger partial charge in [-0.05, 0) is 30.5 Å². The molecule has 0 saturated carbocycles. The summed E-state index contributed by atoms with van der Waals surface area (Å²) in [5.74, 6) is 0. The van der Waals surface area contributed by atoms with Crippen LogP contribution in [-0.4, -0.2) is 4.57 Å². The highest BCUT2D eigenvalue weighted by Gasteiger charge is 2.15. The highest BCUT2D eigenvalue weighted by molar-refractivity contribution is 5.18. The zero-order valence-electron chi connectivity index (χ0n) is 12.7. The summed E-state index contributed by atoms with van der Waals surface area (Å²) < 4.78 is 8.05. The fourth-order valence-electron chi connectivity index (χ4n) is 2.45. The maximum atomic E-state index is 5.80. The van der Waals surface area contributed by atoms with E-state index >= 15 is 0 Å². The second-order valence-corrected chi connectivity index (χ2v) is 5.14. The molecule has 2 aromatic rings. The predicted molar refractivity (Wildman–Crippen MR) is 87.0 cm³/mol. The number of nitrogens with zero attached hydrogens (tertiary/aromatic N) is 1. The summed E-state index contributed by atoms with van der Waals surface area (Å²) in [6.07, 6.45) is 7.07. The number of aromatic nitrogens is 1. The molecule has 1 heterocycles. The second kappa shape index (κ2) is 8.18. The van der Waals surface area contributed by atoms with Crippen LogP contribution < -0.4 is 0 Å². The molecular formula is C19H23NO. The molecule has 2 heteroatoms. The Labute approximate surface area is 127 Å². The van der Waals surface area contributed by atoms with Gasteiger partial charge in [0.15, 0.2) is 0 Å². The van der Waals surface area contributed by atoms with Gasteiger partial charge >= 0.3 is 0 Å². The Morgan fingerprint density at radius 3 is 2.76 bits per heavy atom. The van der Waals surface area contributed by atoms with Crippen molar-refractivity contribution in [1.82, 2.24) is 4.57 Å². The van der Waals surface area contributed by atoms with Crippen molar-refractivity contribution < 1.29 is 4.74 Å². The van der Waals surface area contributed by atoms with Crippen LogP contribution in [0.3, 0.4) is 0 Å². The Morgan fingerprint density at radius 1 is 1.24 bits per heavy atom. The van der Waals surface area contributed by atoms with Gasteiger partial charge in [-0.2, -0.15) is 0 Å². The van der Waals surface area contributed by atoms with Gasteiger partial charge in [-0.25, -0.2) is 0 Å². The van der Waals surface area contributed by atoms with E-state index in [0.29, 0.717) is 0 Å². The summed E-state index contributed by atoms with van der Waals surface area (Å²) >= 11 is 0. The van der Waals surface area contributed by atoms with Crippen molar-refractivity contribution in [1.29, 1.82) is 0 Å². The van der Waals surface area contributed by atoms with Crippen LogP contribution in [0.15, 0.2) is 67.2 Å². The molecule has 1 aromatic heterocycles. The van der Waals surface area contributed by atoms with Crippen LogP contribution >= 0.6 is 0 Å². The van der Waals surface area contributed by atoms with Crippen molar-refractivity contribution in [2.24, 2.45) is 0 Å². The highest BCUT2D eigenvalue weighted by Crippen LogP contribution is 2.25. The molecule has 2 nitrogen and oxygen atoms in total. The van der Waals surface area contributed by atoms with Gasteiger partial charge in [-0.1, -0.05) is 56.0 Å². The first-order chi connectivity index (χ1) is 10.3. The SMILES string of the molecule is C=C=COC(CCCC)c1cccn1Cc1ccccc1. The third-order valence-corrected chi connectivity index (χ3v) is 3.53. The van der Waals surface area contributed by atoms with Crippen molar-refractivity contribution in [3.8, 4) is 0 Å². The third-order valence-electron chi connectivity index (χ3n) is 3.53. The van der Waals surface area contributed by atoms with Crippen LogP contribution in [-0.2, 0) is 11.3 Å². The Hall–Kier alpha value is -2.18. The number of benzene rings is 1. The van der Waals surface area contributed by atoms with Gasteiger partial charge < -0.3 is 9.30 Å². The number of unbranched alkanes of at least 4 members (excludes halogenated alkanes) is 1. The van der Waals surface area contributed by atoms with E-state index in [4.69, 9.17) is 4.74 Å². The monoisotopic (exact) mass is 281 g/mol. The molecule has 0 radical (unpaired) electrons. The van der Waals surface area contributed by atoms with E-state index in [1.54, 1.807) is 6.26 Å². The lowest BCUT2D eigenvalue weighted by atomic mass is 10.1. The van der Waals surface area contributed by atoms with Crippen molar-refractivity contribution in [3.63, 3.8) is 0 Å². The summed E-state index contributed by atoms with van der Waals surface area (Å²) in [7, 11) is 0. The summed E-state index contributed by atoms with van der Waals surface area (Å²) in [5, 5.41) is 0. The molecule has 0 bridgehead atoms. The molecule has 0 spiro atoms. The van der Waals surface area contributed by atoms with Gasteiger partial charge in [-0.3, -0.25) is 0 Å². The molecule has 1 atom stereocenters. The molecule has 0 amide bonds. The topological polar surface area (TPSA) is 14.2 Å². The standard InChI is InChI=1S/C19H23NO/c1-3-5-13-19(21-15-4-2)18-12-9-14-20(18)16-17-10-7-6-8-11-17/h6-12,14-15,19H,2-3,5,13,16H2,1H3. The first-order valence-electron chi connectivity index (χ1n) is 7.54. The van der Waals surface area contributed by atoms with E-state index in [9.17, 15) is 0 Å².